The first-order valence-electron chi connectivity index (χ1n) is 5.89. The Morgan fingerprint density at radius 3 is 2.94 bits per heavy atom. The molecule has 0 spiro atoms. The maximum absolute atomic E-state index is 11.7. The molecule has 0 radical (unpaired) electrons. The van der Waals surface area contributed by atoms with Crippen LogP contribution in [0.2, 0.25) is 0 Å². The van der Waals surface area contributed by atoms with Gasteiger partial charge in [0.25, 0.3) is 0 Å². The molecule has 16 heavy (non-hydrogen) atoms. The van der Waals surface area contributed by atoms with Crippen molar-refractivity contribution in [1.82, 2.24) is 5.32 Å². The Morgan fingerprint density at radius 2 is 2.31 bits per heavy atom. The van der Waals surface area contributed by atoms with Crippen molar-refractivity contribution < 1.29 is 19.4 Å². The quantitative estimate of drug-likeness (QED) is 0.704. The number of hydrogen-bond donors (Lipinski definition) is 2. The number of hydrogen-bond acceptors (Lipinski definition) is 4. The minimum absolute atomic E-state index is 0.111. The molecule has 2 unspecified atom stereocenters. The molecule has 5 nitrogen and oxygen atoms in total. The number of nitrogens with one attached hydrogen (secondary N) is 1. The zero-order valence-electron chi connectivity index (χ0n) is 9.41. The third-order valence-corrected chi connectivity index (χ3v) is 3.15. The minimum Gasteiger partial charge on any atom is -0.386 e. The zero-order chi connectivity index (χ0) is 11.4. The number of carbonyl (C=O) groups is 1. The molecule has 2 aliphatic heterocycles. The van der Waals surface area contributed by atoms with E-state index in [-0.39, 0.29) is 18.6 Å². The first-order valence-corrected chi connectivity index (χ1v) is 5.89. The lowest BCUT2D eigenvalue weighted by molar-refractivity contribution is -0.136. The van der Waals surface area contributed by atoms with Gasteiger partial charge in [-0.2, -0.15) is 0 Å². The summed E-state index contributed by atoms with van der Waals surface area (Å²) in [5.41, 5.74) is -0.885. The normalized spacial score (nSPS) is 34.9. The van der Waals surface area contributed by atoms with Crippen LogP contribution >= 0.6 is 0 Å². The molecule has 2 fully saturated rings. The van der Waals surface area contributed by atoms with Crippen molar-refractivity contribution in [2.45, 2.75) is 37.4 Å². The van der Waals surface area contributed by atoms with Gasteiger partial charge in [0.05, 0.1) is 6.61 Å². The van der Waals surface area contributed by atoms with E-state index in [0.717, 1.165) is 19.3 Å². The summed E-state index contributed by atoms with van der Waals surface area (Å²) >= 11 is 0. The predicted molar refractivity (Wildman–Crippen MR) is 57.0 cm³/mol. The van der Waals surface area contributed by atoms with Crippen LogP contribution in [0.15, 0.2) is 0 Å². The van der Waals surface area contributed by atoms with E-state index >= 15 is 0 Å². The Labute approximate surface area is 95.1 Å². The van der Waals surface area contributed by atoms with Gasteiger partial charge in [-0.3, -0.25) is 4.79 Å². The first kappa shape index (κ1) is 11.8. The van der Waals surface area contributed by atoms with Crippen LogP contribution < -0.4 is 5.32 Å². The number of carbonyl (C=O) groups excluding carboxylic acids is 1. The number of amides is 1. The van der Waals surface area contributed by atoms with Crippen molar-refractivity contribution in [3.8, 4) is 0 Å². The maximum atomic E-state index is 11.7. The van der Waals surface area contributed by atoms with E-state index in [1.54, 1.807) is 0 Å². The maximum Gasteiger partial charge on any atom is 0.249 e. The Morgan fingerprint density at radius 1 is 1.44 bits per heavy atom. The second-order valence-electron chi connectivity index (χ2n) is 4.60. The highest BCUT2D eigenvalue weighted by molar-refractivity contribution is 5.80. The Bertz CT molecular complexity index is 244. The third kappa shape index (κ3) is 2.93. The van der Waals surface area contributed by atoms with Gasteiger partial charge in [0.2, 0.25) is 5.91 Å². The van der Waals surface area contributed by atoms with Gasteiger partial charge in [-0.15, -0.1) is 0 Å². The lowest BCUT2D eigenvalue weighted by Gasteiger charge is -2.25. The average Bonchev–Trinajstić information content (AvgIpc) is 2.75. The van der Waals surface area contributed by atoms with Crippen LogP contribution in [0.1, 0.15) is 25.7 Å². The van der Waals surface area contributed by atoms with Crippen LogP contribution in [0.5, 0.6) is 0 Å². The summed E-state index contributed by atoms with van der Waals surface area (Å²) < 4.78 is 10.5. The number of rotatable bonds is 3. The molecular formula is C11H19NO4. The Kier molecular flexibility index (Phi) is 3.78. The second kappa shape index (κ2) is 5.12. The molecule has 0 aliphatic carbocycles. The topological polar surface area (TPSA) is 67.8 Å². The van der Waals surface area contributed by atoms with Gasteiger partial charge in [0.1, 0.15) is 11.7 Å². The Hall–Kier alpha value is -0.650. The van der Waals surface area contributed by atoms with Gasteiger partial charge < -0.3 is 19.9 Å². The fourth-order valence-corrected chi connectivity index (χ4v) is 2.05. The van der Waals surface area contributed by atoms with Crippen LogP contribution in [-0.2, 0) is 14.3 Å². The molecule has 2 atom stereocenters. The molecule has 0 aromatic heterocycles. The van der Waals surface area contributed by atoms with Gasteiger partial charge in [-0.1, -0.05) is 0 Å². The van der Waals surface area contributed by atoms with Crippen molar-refractivity contribution in [2.24, 2.45) is 0 Å². The number of aliphatic hydroxyl groups is 1. The molecule has 5 heteroatoms. The first-order chi connectivity index (χ1) is 7.70. The molecule has 2 saturated heterocycles. The third-order valence-electron chi connectivity index (χ3n) is 3.15. The van der Waals surface area contributed by atoms with E-state index in [0.29, 0.717) is 26.2 Å². The molecule has 0 saturated carbocycles. The molecule has 0 aromatic carbocycles. The molecule has 0 aromatic rings. The highest BCUT2D eigenvalue weighted by Gasteiger charge is 2.33. The minimum atomic E-state index is -0.885. The lowest BCUT2D eigenvalue weighted by atomic mass is 10.0. The van der Waals surface area contributed by atoms with Gasteiger partial charge in [0.15, 0.2) is 0 Å². The average molecular weight is 229 g/mol. The van der Waals surface area contributed by atoms with Gasteiger partial charge >= 0.3 is 0 Å². The summed E-state index contributed by atoms with van der Waals surface area (Å²) in [5.74, 6) is -0.111. The van der Waals surface area contributed by atoms with E-state index in [1.165, 1.54) is 0 Å². The summed E-state index contributed by atoms with van der Waals surface area (Å²) in [6.07, 6.45) is 3.09. The molecule has 2 N–H and O–H groups in total. The highest BCUT2D eigenvalue weighted by Crippen LogP contribution is 2.17. The standard InChI is InChI=1S/C11H19NO4/c13-10(9-3-1-2-5-16-9)12-7-11(14)4-6-15-8-11/h9,14H,1-8H2,(H,12,13). The van der Waals surface area contributed by atoms with Crippen LogP contribution in [0.3, 0.4) is 0 Å². The fourth-order valence-electron chi connectivity index (χ4n) is 2.05. The summed E-state index contributed by atoms with van der Waals surface area (Å²) in [6.45, 7) is 1.78. The lowest BCUT2D eigenvalue weighted by Crippen LogP contribution is -2.47. The molecule has 1 amide bonds. The molecular weight excluding hydrogens is 210 g/mol. The van der Waals surface area contributed by atoms with E-state index in [2.05, 4.69) is 5.32 Å². The van der Waals surface area contributed by atoms with Crippen molar-refractivity contribution in [3.63, 3.8) is 0 Å². The highest BCUT2D eigenvalue weighted by atomic mass is 16.5. The summed E-state index contributed by atoms with van der Waals surface area (Å²) in [5, 5.41) is 12.7. The molecule has 92 valence electrons. The van der Waals surface area contributed by atoms with Crippen LogP contribution in [0.25, 0.3) is 0 Å². The molecule has 2 rings (SSSR count). The SMILES string of the molecule is O=C(NCC1(O)CCOC1)C1CCCCO1. The van der Waals surface area contributed by atoms with E-state index in [1.807, 2.05) is 0 Å². The van der Waals surface area contributed by atoms with Crippen molar-refractivity contribution in [2.75, 3.05) is 26.4 Å². The summed E-state index contributed by atoms with van der Waals surface area (Å²) in [7, 11) is 0. The number of ether oxygens (including phenoxy) is 2. The Balaban J connectivity index is 1.74. The second-order valence-corrected chi connectivity index (χ2v) is 4.60. The monoisotopic (exact) mass is 229 g/mol. The van der Waals surface area contributed by atoms with E-state index in [4.69, 9.17) is 9.47 Å². The summed E-state index contributed by atoms with van der Waals surface area (Å²) in [4.78, 5) is 11.7. The molecule has 2 heterocycles. The van der Waals surface area contributed by atoms with Crippen LogP contribution in [0.4, 0.5) is 0 Å². The summed E-state index contributed by atoms with van der Waals surface area (Å²) in [6, 6.07) is 0. The van der Waals surface area contributed by atoms with E-state index in [9.17, 15) is 9.90 Å². The van der Waals surface area contributed by atoms with E-state index < -0.39 is 5.60 Å². The van der Waals surface area contributed by atoms with Crippen molar-refractivity contribution >= 4 is 5.91 Å². The van der Waals surface area contributed by atoms with Crippen LogP contribution in [-0.4, -0.2) is 49.1 Å². The van der Waals surface area contributed by atoms with Gasteiger partial charge in [-0.05, 0) is 19.3 Å². The predicted octanol–water partition coefficient (Wildman–Crippen LogP) is -0.177. The molecule has 0 bridgehead atoms. The molecule has 2 aliphatic rings. The zero-order valence-corrected chi connectivity index (χ0v) is 9.41. The van der Waals surface area contributed by atoms with Gasteiger partial charge in [0, 0.05) is 26.2 Å². The largest absolute Gasteiger partial charge is 0.386 e. The van der Waals surface area contributed by atoms with Gasteiger partial charge in [-0.25, -0.2) is 0 Å². The van der Waals surface area contributed by atoms with Crippen molar-refractivity contribution in [1.29, 1.82) is 0 Å². The fraction of sp³-hybridized carbons (Fsp3) is 0.909. The van der Waals surface area contributed by atoms with Crippen LogP contribution in [0, 0.1) is 0 Å². The van der Waals surface area contributed by atoms with Crippen molar-refractivity contribution in [3.05, 3.63) is 0 Å². The smallest absolute Gasteiger partial charge is 0.249 e.